The van der Waals surface area contributed by atoms with Crippen molar-refractivity contribution in [2.24, 2.45) is 5.92 Å². The Kier molecular flexibility index (Phi) is 4.49. The van der Waals surface area contributed by atoms with Crippen molar-refractivity contribution in [2.45, 2.75) is 54.9 Å². The molecule has 3 heterocycles. The fraction of sp³-hybridized carbons (Fsp3) is 0.536. The third kappa shape index (κ3) is 2.49. The molecular weight excluding hydrogens is 428 g/mol. The van der Waals surface area contributed by atoms with Crippen molar-refractivity contribution < 1.29 is 19.4 Å². The van der Waals surface area contributed by atoms with Gasteiger partial charge in [-0.1, -0.05) is 24.3 Å². The second-order valence-electron chi connectivity index (χ2n) is 10.8. The van der Waals surface area contributed by atoms with Crippen LogP contribution < -0.4 is 0 Å². The van der Waals surface area contributed by atoms with Gasteiger partial charge in [-0.3, -0.25) is 9.69 Å². The van der Waals surface area contributed by atoms with Crippen molar-refractivity contribution in [3.63, 3.8) is 0 Å². The van der Waals surface area contributed by atoms with Crippen molar-refractivity contribution in [1.82, 2.24) is 9.80 Å². The van der Waals surface area contributed by atoms with Crippen molar-refractivity contribution in [1.29, 1.82) is 0 Å². The van der Waals surface area contributed by atoms with E-state index in [4.69, 9.17) is 9.47 Å². The molecule has 6 heteroatoms. The van der Waals surface area contributed by atoms with Crippen molar-refractivity contribution in [3.05, 3.63) is 65.2 Å². The Morgan fingerprint density at radius 1 is 1.21 bits per heavy atom. The number of hydrogen-bond donors (Lipinski definition) is 1. The highest BCUT2D eigenvalue weighted by Gasteiger charge is 2.78. The van der Waals surface area contributed by atoms with Gasteiger partial charge in [-0.25, -0.2) is 0 Å². The number of aromatic hydroxyl groups is 1. The molecule has 0 spiro atoms. The van der Waals surface area contributed by atoms with Crippen LogP contribution in [0, 0.1) is 5.92 Å². The smallest absolute Gasteiger partial charge is 0.254 e. The number of benzene rings is 2. The quantitative estimate of drug-likeness (QED) is 0.760. The monoisotopic (exact) mass is 460 g/mol. The summed E-state index contributed by atoms with van der Waals surface area (Å²) in [6.07, 6.45) is 3.90. The molecule has 6 nitrogen and oxygen atoms in total. The van der Waals surface area contributed by atoms with Gasteiger partial charge in [0.1, 0.15) is 5.75 Å². The highest BCUT2D eigenvalue weighted by atomic mass is 16.5. The lowest BCUT2D eigenvalue weighted by Crippen LogP contribution is -2.74. The highest BCUT2D eigenvalue weighted by molar-refractivity contribution is 5.94. The van der Waals surface area contributed by atoms with Crippen molar-refractivity contribution in [3.8, 4) is 5.75 Å². The van der Waals surface area contributed by atoms with E-state index in [2.05, 4.69) is 15.9 Å². The molecule has 34 heavy (non-hydrogen) atoms. The number of ether oxygens (including phenoxy) is 2. The van der Waals surface area contributed by atoms with Gasteiger partial charge in [-0.15, -0.1) is 0 Å². The highest BCUT2D eigenvalue weighted by Crippen LogP contribution is 2.69. The minimum atomic E-state index is -0.256. The number of hydrogen-bond acceptors (Lipinski definition) is 5. The fourth-order valence-corrected chi connectivity index (χ4v) is 8.63. The summed E-state index contributed by atoms with van der Waals surface area (Å²) in [4.78, 5) is 18.3. The van der Waals surface area contributed by atoms with Crippen molar-refractivity contribution in [2.75, 3.05) is 33.4 Å². The molecule has 1 amide bonds. The second-order valence-corrected chi connectivity index (χ2v) is 10.8. The molecule has 4 fully saturated rings. The van der Waals surface area contributed by atoms with E-state index in [9.17, 15) is 9.90 Å². The Balaban J connectivity index is 1.34. The number of carbonyl (C=O) groups excluding carboxylic acids is 1. The number of amides is 1. The van der Waals surface area contributed by atoms with Crippen molar-refractivity contribution >= 4 is 5.91 Å². The van der Waals surface area contributed by atoms with E-state index in [0.717, 1.165) is 50.9 Å². The van der Waals surface area contributed by atoms with Crippen LogP contribution in [0.1, 0.15) is 40.7 Å². The fourth-order valence-electron chi connectivity index (χ4n) is 8.63. The lowest BCUT2D eigenvalue weighted by molar-refractivity contribution is -0.171. The molecule has 7 rings (SSSR count). The van der Waals surface area contributed by atoms with Crippen LogP contribution in [0.3, 0.4) is 0 Å². The summed E-state index contributed by atoms with van der Waals surface area (Å²) in [6.45, 7) is 3.28. The van der Waals surface area contributed by atoms with Gasteiger partial charge in [0.2, 0.25) is 0 Å². The Hall–Kier alpha value is -2.41. The lowest BCUT2D eigenvalue weighted by Gasteiger charge is -2.64. The third-order valence-corrected chi connectivity index (χ3v) is 9.71. The minimum Gasteiger partial charge on any atom is -0.508 e. The van der Waals surface area contributed by atoms with E-state index in [1.54, 1.807) is 7.11 Å². The number of likely N-dealkylation sites (tertiary alicyclic amines) is 2. The predicted octanol–water partition coefficient (Wildman–Crippen LogP) is 2.98. The first-order valence-corrected chi connectivity index (χ1v) is 12.7. The molecule has 2 aliphatic carbocycles. The normalized spacial score (nSPS) is 37.4. The van der Waals surface area contributed by atoms with Gasteiger partial charge in [0.25, 0.3) is 5.91 Å². The van der Waals surface area contributed by atoms with Gasteiger partial charge >= 0.3 is 0 Å². The molecule has 5 aliphatic rings. The Morgan fingerprint density at radius 2 is 2.06 bits per heavy atom. The molecule has 2 aromatic carbocycles. The molecule has 178 valence electrons. The van der Waals surface area contributed by atoms with E-state index in [1.165, 1.54) is 11.1 Å². The summed E-state index contributed by atoms with van der Waals surface area (Å²) in [5.74, 6) is 0.716. The topological polar surface area (TPSA) is 62.2 Å². The molecule has 1 N–H and O–H groups in total. The molecule has 3 saturated heterocycles. The van der Waals surface area contributed by atoms with Gasteiger partial charge in [0, 0.05) is 49.2 Å². The Morgan fingerprint density at radius 3 is 2.88 bits per heavy atom. The first kappa shape index (κ1) is 20.9. The summed E-state index contributed by atoms with van der Waals surface area (Å²) in [5, 5.41) is 10.5. The molecule has 4 bridgehead atoms. The zero-order valence-electron chi connectivity index (χ0n) is 19.7. The van der Waals surface area contributed by atoms with Crippen LogP contribution in [0.15, 0.2) is 48.5 Å². The van der Waals surface area contributed by atoms with E-state index in [-0.39, 0.29) is 35.0 Å². The molecule has 0 aromatic heterocycles. The largest absolute Gasteiger partial charge is 0.508 e. The maximum atomic E-state index is 13.6. The number of nitrogens with zero attached hydrogens (tertiary/aromatic N) is 2. The third-order valence-electron chi connectivity index (χ3n) is 9.71. The molecule has 2 aromatic rings. The van der Waals surface area contributed by atoms with E-state index in [1.807, 2.05) is 42.5 Å². The zero-order valence-corrected chi connectivity index (χ0v) is 19.7. The van der Waals surface area contributed by atoms with Crippen LogP contribution in [0.5, 0.6) is 5.75 Å². The summed E-state index contributed by atoms with van der Waals surface area (Å²) in [6, 6.07) is 16.1. The van der Waals surface area contributed by atoms with Gasteiger partial charge in [-0.05, 0) is 67.6 Å². The summed E-state index contributed by atoms with van der Waals surface area (Å²) in [5.41, 5.74) is 2.95. The number of methoxy groups -OCH3 is 1. The van der Waals surface area contributed by atoms with Crippen LogP contribution in [0.4, 0.5) is 0 Å². The number of phenolic OH excluding ortho intramolecular Hbond substituents is 1. The molecule has 1 saturated carbocycles. The molecule has 3 aliphatic heterocycles. The molecule has 6 atom stereocenters. The van der Waals surface area contributed by atoms with Gasteiger partial charge in [-0.2, -0.15) is 0 Å². The van der Waals surface area contributed by atoms with E-state index >= 15 is 0 Å². The number of carbonyl (C=O) groups is 1. The second kappa shape index (κ2) is 7.30. The van der Waals surface area contributed by atoms with Gasteiger partial charge in [0.05, 0.1) is 18.3 Å². The average molecular weight is 461 g/mol. The van der Waals surface area contributed by atoms with E-state index < -0.39 is 0 Å². The number of fused-ring (bicyclic) bond motifs is 1. The minimum absolute atomic E-state index is 0.0401. The van der Waals surface area contributed by atoms with Crippen LogP contribution >= 0.6 is 0 Å². The predicted molar refractivity (Wildman–Crippen MR) is 127 cm³/mol. The van der Waals surface area contributed by atoms with Crippen LogP contribution in [-0.4, -0.2) is 78.0 Å². The molecular formula is C28H32N2O4. The maximum Gasteiger partial charge on any atom is 0.254 e. The average Bonchev–Trinajstić information content (AvgIpc) is 3.30. The first-order chi connectivity index (χ1) is 16.6. The molecule has 0 radical (unpaired) electrons. The summed E-state index contributed by atoms with van der Waals surface area (Å²) >= 11 is 0. The van der Waals surface area contributed by atoms with Crippen LogP contribution in [0.2, 0.25) is 0 Å². The summed E-state index contributed by atoms with van der Waals surface area (Å²) in [7, 11) is 1.77. The van der Waals surface area contributed by atoms with Crippen LogP contribution in [0.25, 0.3) is 0 Å². The van der Waals surface area contributed by atoms with Crippen LogP contribution in [-0.2, 0) is 21.3 Å². The number of phenols is 1. The Labute approximate surface area is 200 Å². The molecule has 0 unspecified atom stereocenters. The first-order valence-electron chi connectivity index (χ1n) is 12.7. The number of rotatable bonds is 4. The zero-order chi connectivity index (χ0) is 23.1. The van der Waals surface area contributed by atoms with Gasteiger partial charge in [0.15, 0.2) is 0 Å². The van der Waals surface area contributed by atoms with Gasteiger partial charge < -0.3 is 19.5 Å². The standard InChI is InChI=1S/C28H32N2O4/c1-33-14-13-29-12-11-27-21-16-20(31)8-7-19(21)15-24(29)28(27)10-9-22-25(27)23(34-28)17-30(22)26(32)18-5-3-2-4-6-18/h2-8,16,22-25,31H,9-15,17H2,1H3/t22-,23-,24-,25+,27+,28-/m1/s1. The maximum absolute atomic E-state index is 13.6. The SMILES string of the molecule is COCCN1CC[C@@]23c4cc(O)ccc4C[C@@H]1[C@]21CC[C@@H]2[C@H]3[C@@H](CN2C(=O)c2ccccc2)O1. The number of piperidine rings is 1. The lowest BCUT2D eigenvalue weighted by atomic mass is 9.46. The Bertz CT molecular complexity index is 1140. The summed E-state index contributed by atoms with van der Waals surface area (Å²) < 4.78 is 12.6. The van der Waals surface area contributed by atoms with E-state index in [0.29, 0.717) is 18.3 Å².